The molecule has 2 aromatic heterocycles. The van der Waals surface area contributed by atoms with Crippen LogP contribution in [-0.4, -0.2) is 27.9 Å². The van der Waals surface area contributed by atoms with Gasteiger partial charge < -0.3 is 10.1 Å². The van der Waals surface area contributed by atoms with Crippen molar-refractivity contribution in [3.63, 3.8) is 0 Å². The number of rotatable bonds is 6. The first-order valence-corrected chi connectivity index (χ1v) is 8.48. The van der Waals surface area contributed by atoms with E-state index in [4.69, 9.17) is 16.3 Å². The molecule has 0 spiro atoms. The number of hydrogen-bond donors (Lipinski definition) is 1. The minimum Gasteiger partial charge on any atom is -0.475 e. The molecule has 0 unspecified atom stereocenters. The molecule has 0 amide bonds. The molecule has 0 aliphatic carbocycles. The quantitative estimate of drug-likeness (QED) is 0.626. The number of nitrogens with zero attached hydrogens (tertiary/aromatic N) is 3. The minimum absolute atomic E-state index is 0.0874. The Kier molecular flexibility index (Phi) is 5.84. The third-order valence-corrected chi connectivity index (χ3v) is 4.02. The Labute approximate surface area is 162 Å². The zero-order chi connectivity index (χ0) is 20.1. The highest BCUT2D eigenvalue weighted by Crippen LogP contribution is 2.34. The van der Waals surface area contributed by atoms with Gasteiger partial charge in [0.25, 0.3) is 5.56 Å². The van der Waals surface area contributed by atoms with Crippen LogP contribution in [0.15, 0.2) is 59.7 Å². The highest BCUT2D eigenvalue weighted by Gasteiger charge is 2.34. The molecule has 3 rings (SSSR count). The molecule has 0 aliphatic rings. The van der Waals surface area contributed by atoms with Gasteiger partial charge in [0, 0.05) is 12.7 Å². The third-order valence-electron chi connectivity index (χ3n) is 3.65. The van der Waals surface area contributed by atoms with Gasteiger partial charge in [-0.1, -0.05) is 29.8 Å². The molecule has 0 aliphatic heterocycles. The summed E-state index contributed by atoms with van der Waals surface area (Å²) in [5, 5.41) is 6.78. The number of anilines is 1. The lowest BCUT2D eigenvalue weighted by atomic mass is 10.2. The Bertz CT molecular complexity index is 1010. The second-order valence-electron chi connectivity index (χ2n) is 5.55. The fourth-order valence-corrected chi connectivity index (χ4v) is 2.56. The van der Waals surface area contributed by atoms with Crippen LogP contribution in [0.3, 0.4) is 0 Å². The summed E-state index contributed by atoms with van der Waals surface area (Å²) in [5.74, 6) is -0.513. The third kappa shape index (κ3) is 4.42. The molecule has 0 bridgehead atoms. The summed E-state index contributed by atoms with van der Waals surface area (Å²) >= 11 is 6.09. The van der Waals surface area contributed by atoms with Crippen molar-refractivity contribution < 1.29 is 17.9 Å². The summed E-state index contributed by atoms with van der Waals surface area (Å²) in [6, 6.07) is 10.8. The maximum atomic E-state index is 12.9. The lowest BCUT2D eigenvalue weighted by Crippen LogP contribution is -2.23. The van der Waals surface area contributed by atoms with Gasteiger partial charge >= 0.3 is 6.18 Å². The normalized spacial score (nSPS) is 11.3. The number of para-hydroxylation sites is 1. The molecular weight excluding hydrogens is 397 g/mol. The Morgan fingerprint density at radius 3 is 2.61 bits per heavy atom. The van der Waals surface area contributed by atoms with Crippen molar-refractivity contribution in [2.45, 2.75) is 6.18 Å². The van der Waals surface area contributed by atoms with Crippen LogP contribution in [0.1, 0.15) is 5.56 Å². The second kappa shape index (κ2) is 8.30. The average molecular weight is 411 g/mol. The molecule has 0 saturated carbocycles. The largest absolute Gasteiger partial charge is 0.475 e. The fourth-order valence-electron chi connectivity index (χ4n) is 2.36. The van der Waals surface area contributed by atoms with Crippen LogP contribution in [0, 0.1) is 0 Å². The Hall–Kier alpha value is -3.07. The Morgan fingerprint density at radius 2 is 1.89 bits per heavy atom. The zero-order valence-electron chi connectivity index (χ0n) is 14.3. The van der Waals surface area contributed by atoms with Crippen molar-refractivity contribution in [3.8, 4) is 11.6 Å². The highest BCUT2D eigenvalue weighted by molar-refractivity contribution is 6.32. The van der Waals surface area contributed by atoms with E-state index < -0.39 is 23.2 Å². The molecule has 10 heteroatoms. The van der Waals surface area contributed by atoms with Crippen LogP contribution in [0.5, 0.6) is 5.88 Å². The van der Waals surface area contributed by atoms with Gasteiger partial charge in [0.05, 0.1) is 17.6 Å². The van der Waals surface area contributed by atoms with Crippen molar-refractivity contribution >= 4 is 17.3 Å². The first kappa shape index (κ1) is 19.7. The molecule has 0 saturated heterocycles. The van der Waals surface area contributed by atoms with Gasteiger partial charge in [0.1, 0.15) is 17.2 Å². The first-order valence-electron chi connectivity index (χ1n) is 8.10. The number of ether oxygens (including phenoxy) is 1. The molecule has 146 valence electrons. The topological polar surface area (TPSA) is 69.0 Å². The van der Waals surface area contributed by atoms with Gasteiger partial charge in [-0.05, 0) is 24.3 Å². The average Bonchev–Trinajstić information content (AvgIpc) is 2.68. The van der Waals surface area contributed by atoms with Gasteiger partial charge in [0.15, 0.2) is 0 Å². The predicted molar refractivity (Wildman–Crippen MR) is 98.1 cm³/mol. The standard InChI is InChI=1S/C18H14ClF3N4O2/c19-15-14(11-25-26(17(15)27)12-5-2-1-3-6-12)23-9-10-28-16-13(18(20,21)22)7-4-8-24-16/h1-8,11,23H,9-10H2. The number of hydrogen-bond acceptors (Lipinski definition) is 5. The van der Waals surface area contributed by atoms with Crippen LogP contribution in [0.4, 0.5) is 18.9 Å². The summed E-state index contributed by atoms with van der Waals surface area (Å²) in [6.45, 7) is -0.0394. The predicted octanol–water partition coefficient (Wildman–Crippen LogP) is 3.79. The number of alkyl halides is 3. The van der Waals surface area contributed by atoms with Crippen molar-refractivity contribution in [2.24, 2.45) is 0 Å². The summed E-state index contributed by atoms with van der Waals surface area (Å²) < 4.78 is 45.0. The van der Waals surface area contributed by atoms with Crippen LogP contribution >= 0.6 is 11.6 Å². The van der Waals surface area contributed by atoms with E-state index in [0.717, 1.165) is 10.7 Å². The molecule has 6 nitrogen and oxygen atoms in total. The van der Waals surface area contributed by atoms with E-state index in [1.54, 1.807) is 30.3 Å². The Balaban J connectivity index is 1.65. The monoisotopic (exact) mass is 410 g/mol. The van der Waals surface area contributed by atoms with Crippen molar-refractivity contribution in [2.75, 3.05) is 18.5 Å². The van der Waals surface area contributed by atoms with E-state index in [-0.39, 0.29) is 23.9 Å². The van der Waals surface area contributed by atoms with Gasteiger partial charge in [-0.15, -0.1) is 0 Å². The van der Waals surface area contributed by atoms with E-state index in [0.29, 0.717) is 5.69 Å². The second-order valence-corrected chi connectivity index (χ2v) is 5.93. The SMILES string of the molecule is O=c1c(Cl)c(NCCOc2ncccc2C(F)(F)F)cnn1-c1ccccc1. The molecule has 1 aromatic carbocycles. The summed E-state index contributed by atoms with van der Waals surface area (Å²) in [5.41, 5.74) is -0.679. The Morgan fingerprint density at radius 1 is 1.14 bits per heavy atom. The molecule has 3 aromatic rings. The van der Waals surface area contributed by atoms with E-state index >= 15 is 0 Å². The van der Waals surface area contributed by atoms with Gasteiger partial charge in [-0.3, -0.25) is 4.79 Å². The number of nitrogens with one attached hydrogen (secondary N) is 1. The van der Waals surface area contributed by atoms with Crippen molar-refractivity contribution in [1.29, 1.82) is 0 Å². The molecule has 0 fully saturated rings. The van der Waals surface area contributed by atoms with Gasteiger partial charge in [-0.25, -0.2) is 4.98 Å². The number of benzene rings is 1. The van der Waals surface area contributed by atoms with Gasteiger partial charge in [-0.2, -0.15) is 23.0 Å². The lowest BCUT2D eigenvalue weighted by molar-refractivity contribution is -0.139. The maximum Gasteiger partial charge on any atom is 0.421 e. The summed E-state index contributed by atoms with van der Waals surface area (Å²) in [6.07, 6.45) is -1.99. The first-order chi connectivity index (χ1) is 13.4. The van der Waals surface area contributed by atoms with E-state index in [9.17, 15) is 18.0 Å². The minimum atomic E-state index is -4.56. The van der Waals surface area contributed by atoms with Crippen LogP contribution in [-0.2, 0) is 6.18 Å². The molecule has 2 heterocycles. The molecule has 0 atom stereocenters. The smallest absolute Gasteiger partial charge is 0.421 e. The molecular formula is C18H14ClF3N4O2. The summed E-state index contributed by atoms with van der Waals surface area (Å²) in [4.78, 5) is 16.0. The maximum absolute atomic E-state index is 12.9. The number of halogens is 4. The van der Waals surface area contributed by atoms with E-state index in [2.05, 4.69) is 15.4 Å². The van der Waals surface area contributed by atoms with E-state index in [1.165, 1.54) is 18.5 Å². The lowest BCUT2D eigenvalue weighted by Gasteiger charge is -2.13. The van der Waals surface area contributed by atoms with Crippen LogP contribution in [0.2, 0.25) is 5.02 Å². The molecule has 28 heavy (non-hydrogen) atoms. The van der Waals surface area contributed by atoms with E-state index in [1.807, 2.05) is 0 Å². The number of aromatic nitrogens is 3. The fraction of sp³-hybridized carbons (Fsp3) is 0.167. The molecule has 1 N–H and O–H groups in total. The zero-order valence-corrected chi connectivity index (χ0v) is 15.0. The van der Waals surface area contributed by atoms with Crippen LogP contribution < -0.4 is 15.6 Å². The van der Waals surface area contributed by atoms with Gasteiger partial charge in [0.2, 0.25) is 5.88 Å². The summed E-state index contributed by atoms with van der Waals surface area (Å²) in [7, 11) is 0. The molecule has 0 radical (unpaired) electrons. The van der Waals surface area contributed by atoms with Crippen molar-refractivity contribution in [3.05, 3.63) is 75.8 Å². The van der Waals surface area contributed by atoms with Crippen molar-refractivity contribution in [1.82, 2.24) is 14.8 Å². The highest BCUT2D eigenvalue weighted by atomic mass is 35.5. The number of pyridine rings is 1. The van der Waals surface area contributed by atoms with Crippen LogP contribution in [0.25, 0.3) is 5.69 Å².